The van der Waals surface area contributed by atoms with Gasteiger partial charge in [-0.15, -0.1) is 11.8 Å². The van der Waals surface area contributed by atoms with E-state index in [1.54, 1.807) is 0 Å². The Morgan fingerprint density at radius 2 is 2.00 bits per heavy atom. The van der Waals surface area contributed by atoms with E-state index in [4.69, 9.17) is 11.6 Å². The zero-order chi connectivity index (χ0) is 12.5. The van der Waals surface area contributed by atoms with Crippen LogP contribution in [0.2, 0.25) is 5.02 Å². The van der Waals surface area contributed by atoms with Crippen molar-refractivity contribution in [2.45, 2.75) is 44.0 Å². The quantitative estimate of drug-likeness (QED) is 0.694. The third-order valence-electron chi connectivity index (χ3n) is 2.60. The van der Waals surface area contributed by atoms with Crippen molar-refractivity contribution in [2.24, 2.45) is 0 Å². The number of rotatable bonds is 8. The largest absolute Gasteiger partial charge is 0.313 e. The van der Waals surface area contributed by atoms with Gasteiger partial charge in [-0.3, -0.25) is 0 Å². The zero-order valence-corrected chi connectivity index (χ0v) is 12.3. The lowest BCUT2D eigenvalue weighted by Crippen LogP contribution is -2.31. The maximum absolute atomic E-state index is 6.15. The van der Waals surface area contributed by atoms with Crippen LogP contribution in [0.25, 0.3) is 0 Å². The summed E-state index contributed by atoms with van der Waals surface area (Å²) in [4.78, 5) is 1.19. The molecule has 0 fully saturated rings. The number of hydrogen-bond donors (Lipinski definition) is 1. The van der Waals surface area contributed by atoms with Gasteiger partial charge in [0.1, 0.15) is 0 Å². The Morgan fingerprint density at radius 1 is 1.24 bits per heavy atom. The number of nitrogens with one attached hydrogen (secondary N) is 1. The van der Waals surface area contributed by atoms with Crippen LogP contribution in [0.3, 0.4) is 0 Å². The first kappa shape index (κ1) is 14.9. The van der Waals surface area contributed by atoms with Gasteiger partial charge in [0.05, 0.1) is 5.02 Å². The molecule has 0 aromatic heterocycles. The van der Waals surface area contributed by atoms with Crippen LogP contribution in [-0.2, 0) is 0 Å². The summed E-state index contributed by atoms with van der Waals surface area (Å²) < 4.78 is 0. The Labute approximate surface area is 114 Å². The van der Waals surface area contributed by atoms with E-state index in [-0.39, 0.29) is 0 Å². The van der Waals surface area contributed by atoms with Crippen molar-refractivity contribution >= 4 is 23.4 Å². The highest BCUT2D eigenvalue weighted by Crippen LogP contribution is 2.27. The molecule has 96 valence electrons. The molecule has 0 aliphatic rings. The van der Waals surface area contributed by atoms with Crippen molar-refractivity contribution < 1.29 is 0 Å². The Morgan fingerprint density at radius 3 is 2.65 bits per heavy atom. The third kappa shape index (κ3) is 5.80. The molecule has 0 bridgehead atoms. The minimum absolute atomic E-state index is 0.598. The van der Waals surface area contributed by atoms with Crippen LogP contribution < -0.4 is 5.32 Å². The highest BCUT2D eigenvalue weighted by Gasteiger charge is 2.08. The fourth-order valence-electron chi connectivity index (χ4n) is 1.69. The normalized spacial score (nSPS) is 12.6. The van der Waals surface area contributed by atoms with E-state index in [2.05, 4.69) is 25.2 Å². The molecule has 1 atom stereocenters. The molecule has 17 heavy (non-hydrogen) atoms. The number of benzene rings is 1. The molecule has 0 aliphatic carbocycles. The molecule has 1 aromatic rings. The first-order valence-corrected chi connectivity index (χ1v) is 7.75. The van der Waals surface area contributed by atoms with Gasteiger partial charge in [-0.25, -0.2) is 0 Å². The first-order chi connectivity index (χ1) is 8.27. The van der Waals surface area contributed by atoms with E-state index >= 15 is 0 Å². The molecule has 1 aromatic carbocycles. The maximum atomic E-state index is 6.15. The Bertz CT molecular complexity index is 317. The summed E-state index contributed by atoms with van der Waals surface area (Å²) >= 11 is 8.00. The predicted octanol–water partition coefficient (Wildman–Crippen LogP) is 4.60. The highest BCUT2D eigenvalue weighted by atomic mass is 35.5. The van der Waals surface area contributed by atoms with Crippen LogP contribution in [0.15, 0.2) is 29.2 Å². The molecule has 0 spiro atoms. The summed E-state index contributed by atoms with van der Waals surface area (Å²) in [5, 5.41) is 4.46. The van der Waals surface area contributed by atoms with Crippen LogP contribution in [0, 0.1) is 0 Å². The number of halogens is 1. The summed E-state index contributed by atoms with van der Waals surface area (Å²) in [6.45, 7) is 5.55. The maximum Gasteiger partial charge on any atom is 0.0541 e. The van der Waals surface area contributed by atoms with Crippen molar-refractivity contribution in [3.8, 4) is 0 Å². The second-order valence-electron chi connectivity index (χ2n) is 4.18. The van der Waals surface area contributed by atoms with E-state index in [9.17, 15) is 0 Å². The van der Waals surface area contributed by atoms with E-state index < -0.39 is 0 Å². The lowest BCUT2D eigenvalue weighted by Gasteiger charge is -2.17. The monoisotopic (exact) mass is 271 g/mol. The topological polar surface area (TPSA) is 12.0 Å². The smallest absolute Gasteiger partial charge is 0.0541 e. The summed E-state index contributed by atoms with van der Waals surface area (Å²) in [6.07, 6.45) is 3.65. The average molecular weight is 272 g/mol. The molecule has 0 amide bonds. The van der Waals surface area contributed by atoms with Crippen LogP contribution in [0.1, 0.15) is 33.1 Å². The molecule has 0 radical (unpaired) electrons. The molecule has 1 rings (SSSR count). The molecule has 1 N–H and O–H groups in total. The van der Waals surface area contributed by atoms with E-state index in [0.29, 0.717) is 6.04 Å². The molecule has 0 saturated carbocycles. The first-order valence-electron chi connectivity index (χ1n) is 6.38. The molecule has 3 heteroatoms. The minimum atomic E-state index is 0.598. The van der Waals surface area contributed by atoms with Crippen molar-refractivity contribution in [1.82, 2.24) is 5.32 Å². The minimum Gasteiger partial charge on any atom is -0.313 e. The second kappa shape index (κ2) is 8.84. The van der Waals surface area contributed by atoms with Crippen LogP contribution in [0.4, 0.5) is 0 Å². The summed E-state index contributed by atoms with van der Waals surface area (Å²) in [5.74, 6) is 1.09. The zero-order valence-electron chi connectivity index (χ0n) is 10.7. The molecule has 1 nitrogen and oxygen atoms in total. The van der Waals surface area contributed by atoms with Gasteiger partial charge in [0, 0.05) is 16.7 Å². The Kier molecular flexibility index (Phi) is 7.74. The summed E-state index contributed by atoms with van der Waals surface area (Å²) in [5.41, 5.74) is 0. The molecular formula is C14H22ClNS. The van der Waals surface area contributed by atoms with Crippen LogP contribution in [-0.4, -0.2) is 18.3 Å². The van der Waals surface area contributed by atoms with Gasteiger partial charge in [-0.1, -0.05) is 44.0 Å². The molecular weight excluding hydrogens is 250 g/mol. The van der Waals surface area contributed by atoms with Crippen molar-refractivity contribution in [3.63, 3.8) is 0 Å². The SMILES string of the molecule is CCCNC(CCC)CSc1ccccc1Cl. The molecule has 0 heterocycles. The fourth-order valence-corrected chi connectivity index (χ4v) is 3.04. The molecule has 0 aliphatic heterocycles. The van der Waals surface area contributed by atoms with Gasteiger partial charge in [0.25, 0.3) is 0 Å². The molecule has 0 saturated heterocycles. The van der Waals surface area contributed by atoms with E-state index in [1.807, 2.05) is 30.0 Å². The van der Waals surface area contributed by atoms with E-state index in [0.717, 1.165) is 17.3 Å². The van der Waals surface area contributed by atoms with Crippen LogP contribution >= 0.6 is 23.4 Å². The van der Waals surface area contributed by atoms with Gasteiger partial charge in [-0.2, -0.15) is 0 Å². The van der Waals surface area contributed by atoms with Crippen molar-refractivity contribution in [2.75, 3.05) is 12.3 Å². The lowest BCUT2D eigenvalue weighted by molar-refractivity contribution is 0.514. The Balaban J connectivity index is 2.42. The van der Waals surface area contributed by atoms with Crippen molar-refractivity contribution in [1.29, 1.82) is 0 Å². The predicted molar refractivity (Wildman–Crippen MR) is 79.2 cm³/mol. The third-order valence-corrected chi connectivity index (χ3v) is 4.27. The number of hydrogen-bond acceptors (Lipinski definition) is 2. The van der Waals surface area contributed by atoms with Crippen molar-refractivity contribution in [3.05, 3.63) is 29.3 Å². The summed E-state index contributed by atoms with van der Waals surface area (Å²) in [7, 11) is 0. The fraction of sp³-hybridized carbons (Fsp3) is 0.571. The van der Waals surface area contributed by atoms with Gasteiger partial charge >= 0.3 is 0 Å². The van der Waals surface area contributed by atoms with Gasteiger partial charge in [-0.05, 0) is 31.5 Å². The Hall–Kier alpha value is -0.180. The van der Waals surface area contributed by atoms with Gasteiger partial charge in [0.2, 0.25) is 0 Å². The van der Waals surface area contributed by atoms with Gasteiger partial charge in [0.15, 0.2) is 0 Å². The van der Waals surface area contributed by atoms with Gasteiger partial charge < -0.3 is 5.32 Å². The molecule has 1 unspecified atom stereocenters. The highest BCUT2D eigenvalue weighted by molar-refractivity contribution is 7.99. The van der Waals surface area contributed by atoms with Crippen LogP contribution in [0.5, 0.6) is 0 Å². The average Bonchev–Trinajstić information content (AvgIpc) is 2.34. The standard InChI is InChI=1S/C14H22ClNS/c1-3-7-12(16-10-4-2)11-17-14-9-6-5-8-13(14)15/h5-6,8-9,12,16H,3-4,7,10-11H2,1-2H3. The summed E-state index contributed by atoms with van der Waals surface area (Å²) in [6, 6.07) is 8.67. The number of thioether (sulfide) groups is 1. The van der Waals surface area contributed by atoms with E-state index in [1.165, 1.54) is 24.2 Å². The lowest BCUT2D eigenvalue weighted by atomic mass is 10.2. The second-order valence-corrected chi connectivity index (χ2v) is 5.65.